The van der Waals surface area contributed by atoms with Crippen LogP contribution in [-0.2, 0) is 6.54 Å². The number of halogens is 2. The number of rotatable bonds is 5. The molecule has 0 bridgehead atoms. The molecule has 24 heavy (non-hydrogen) atoms. The average Bonchev–Trinajstić information content (AvgIpc) is 2.97. The van der Waals surface area contributed by atoms with Gasteiger partial charge in [-0.3, -0.25) is 0 Å². The van der Waals surface area contributed by atoms with Crippen LogP contribution in [0.4, 0.5) is 19.3 Å². The normalized spacial score (nSPS) is 11.0. The van der Waals surface area contributed by atoms with Crippen LogP contribution in [0, 0.1) is 0 Å². The predicted molar refractivity (Wildman–Crippen MR) is 93.8 cm³/mol. The fourth-order valence-electron chi connectivity index (χ4n) is 2.09. The zero-order valence-corrected chi connectivity index (χ0v) is 14.0. The van der Waals surface area contributed by atoms with Crippen molar-refractivity contribution in [1.82, 2.24) is 10.3 Å². The molecule has 0 saturated carbocycles. The van der Waals surface area contributed by atoms with Crippen LogP contribution in [0.2, 0.25) is 0 Å². The van der Waals surface area contributed by atoms with Crippen molar-refractivity contribution in [2.75, 3.05) is 5.32 Å². The largest absolute Gasteiger partial charge is 0.331 e. The van der Waals surface area contributed by atoms with Gasteiger partial charge in [-0.1, -0.05) is 36.0 Å². The second kappa shape index (κ2) is 7.59. The van der Waals surface area contributed by atoms with E-state index in [1.165, 1.54) is 11.3 Å². The number of aromatic nitrogens is 1. The first kappa shape index (κ1) is 16.7. The molecule has 2 amide bonds. The molecule has 1 aromatic heterocycles. The highest BCUT2D eigenvalue weighted by molar-refractivity contribution is 7.99. The lowest BCUT2D eigenvalue weighted by Crippen LogP contribution is -2.28. The van der Waals surface area contributed by atoms with Crippen LogP contribution in [0.25, 0.3) is 10.2 Å². The van der Waals surface area contributed by atoms with E-state index in [1.807, 2.05) is 24.3 Å². The molecule has 0 radical (unpaired) electrons. The van der Waals surface area contributed by atoms with Gasteiger partial charge in [-0.25, -0.2) is 9.78 Å². The molecule has 0 saturated heterocycles. The number of hydrogen-bond acceptors (Lipinski definition) is 4. The molecule has 0 spiro atoms. The Labute approximate surface area is 145 Å². The molecule has 0 aliphatic rings. The van der Waals surface area contributed by atoms with Crippen molar-refractivity contribution in [3.8, 4) is 0 Å². The monoisotopic (exact) mass is 365 g/mol. The van der Waals surface area contributed by atoms with Crippen LogP contribution in [0.5, 0.6) is 0 Å². The Bertz CT molecular complexity index is 821. The predicted octanol–water partition coefficient (Wildman–Crippen LogP) is 4.93. The maximum Gasteiger partial charge on any atom is 0.319 e. The molecule has 4 nitrogen and oxygen atoms in total. The first-order valence-electron chi connectivity index (χ1n) is 7.05. The summed E-state index contributed by atoms with van der Waals surface area (Å²) in [4.78, 5) is 16.7. The minimum atomic E-state index is -2.54. The Kier molecular flexibility index (Phi) is 5.27. The summed E-state index contributed by atoms with van der Waals surface area (Å²) in [5.74, 6) is -2.54. The van der Waals surface area contributed by atoms with Gasteiger partial charge < -0.3 is 10.6 Å². The Morgan fingerprint density at radius 1 is 1.17 bits per heavy atom. The first-order valence-corrected chi connectivity index (χ1v) is 8.74. The SMILES string of the molecule is O=C(NCc1nc2ccccc2s1)Nc1ccccc1SC(F)F. The molecule has 0 unspecified atom stereocenters. The number of amides is 2. The second-order valence-electron chi connectivity index (χ2n) is 4.76. The lowest BCUT2D eigenvalue weighted by Gasteiger charge is -2.10. The van der Waals surface area contributed by atoms with Crippen molar-refractivity contribution >= 4 is 45.0 Å². The number of carbonyl (C=O) groups is 1. The van der Waals surface area contributed by atoms with E-state index < -0.39 is 11.8 Å². The topological polar surface area (TPSA) is 54.0 Å². The molecule has 3 rings (SSSR count). The van der Waals surface area contributed by atoms with Crippen LogP contribution in [0.1, 0.15) is 5.01 Å². The number of anilines is 1. The summed E-state index contributed by atoms with van der Waals surface area (Å²) in [6.45, 7) is 0.273. The van der Waals surface area contributed by atoms with Gasteiger partial charge in [-0.15, -0.1) is 11.3 Å². The second-order valence-corrected chi connectivity index (χ2v) is 6.90. The molecule has 0 fully saturated rings. The Hall–Kier alpha value is -2.19. The minimum absolute atomic E-state index is 0.273. The number of thioether (sulfide) groups is 1. The molecule has 2 aromatic carbocycles. The maximum atomic E-state index is 12.5. The van der Waals surface area contributed by atoms with E-state index in [-0.39, 0.29) is 6.54 Å². The maximum absolute atomic E-state index is 12.5. The van der Waals surface area contributed by atoms with E-state index in [0.717, 1.165) is 15.2 Å². The summed E-state index contributed by atoms with van der Waals surface area (Å²) in [6, 6.07) is 13.7. The molecular formula is C16H13F2N3OS2. The molecule has 2 N–H and O–H groups in total. The number of benzene rings is 2. The number of nitrogens with zero attached hydrogens (tertiary/aromatic N) is 1. The quantitative estimate of drug-likeness (QED) is 0.630. The summed E-state index contributed by atoms with van der Waals surface area (Å²) in [5, 5.41) is 6.06. The highest BCUT2D eigenvalue weighted by atomic mass is 32.2. The molecule has 1 heterocycles. The molecule has 0 atom stereocenters. The Morgan fingerprint density at radius 3 is 2.71 bits per heavy atom. The molecule has 124 valence electrons. The summed E-state index contributed by atoms with van der Waals surface area (Å²) in [6.07, 6.45) is 0. The van der Waals surface area contributed by atoms with Crippen LogP contribution in [-0.4, -0.2) is 16.8 Å². The average molecular weight is 365 g/mol. The van der Waals surface area contributed by atoms with Crippen molar-refractivity contribution in [3.63, 3.8) is 0 Å². The number of nitrogens with one attached hydrogen (secondary N) is 2. The lowest BCUT2D eigenvalue weighted by molar-refractivity contribution is 0.250. The number of alkyl halides is 2. The number of thiazole rings is 1. The summed E-state index contributed by atoms with van der Waals surface area (Å²) < 4.78 is 26.1. The van der Waals surface area contributed by atoms with E-state index >= 15 is 0 Å². The third kappa shape index (κ3) is 4.21. The highest BCUT2D eigenvalue weighted by Crippen LogP contribution is 2.31. The summed E-state index contributed by atoms with van der Waals surface area (Å²) >= 11 is 1.90. The fourth-order valence-corrected chi connectivity index (χ4v) is 3.59. The number of carbonyl (C=O) groups excluding carboxylic acids is 1. The van der Waals surface area contributed by atoms with Gasteiger partial charge in [0.1, 0.15) is 5.01 Å². The van der Waals surface area contributed by atoms with E-state index in [0.29, 0.717) is 22.3 Å². The van der Waals surface area contributed by atoms with Crippen LogP contribution < -0.4 is 10.6 Å². The molecule has 0 aliphatic carbocycles. The first-order chi connectivity index (χ1) is 11.6. The molecular weight excluding hydrogens is 352 g/mol. The van der Waals surface area contributed by atoms with Gasteiger partial charge in [-0.2, -0.15) is 8.78 Å². The van der Waals surface area contributed by atoms with Gasteiger partial charge in [0.2, 0.25) is 0 Å². The number of para-hydroxylation sites is 2. The summed E-state index contributed by atoms with van der Waals surface area (Å²) in [7, 11) is 0. The zero-order valence-electron chi connectivity index (χ0n) is 12.3. The third-order valence-corrected chi connectivity index (χ3v) is 4.91. The zero-order chi connectivity index (χ0) is 16.9. The fraction of sp³-hybridized carbons (Fsp3) is 0.125. The van der Waals surface area contributed by atoms with Crippen molar-refractivity contribution in [1.29, 1.82) is 0 Å². The van der Waals surface area contributed by atoms with Crippen LogP contribution in [0.15, 0.2) is 53.4 Å². The molecule has 3 aromatic rings. The third-order valence-electron chi connectivity index (χ3n) is 3.09. The number of fused-ring (bicyclic) bond motifs is 1. The van der Waals surface area contributed by atoms with Gasteiger partial charge in [0.25, 0.3) is 5.76 Å². The number of urea groups is 1. The van der Waals surface area contributed by atoms with E-state index in [2.05, 4.69) is 15.6 Å². The van der Waals surface area contributed by atoms with Crippen molar-refractivity contribution < 1.29 is 13.6 Å². The smallest absolute Gasteiger partial charge is 0.319 e. The van der Waals surface area contributed by atoms with E-state index in [4.69, 9.17) is 0 Å². The van der Waals surface area contributed by atoms with Gasteiger partial charge in [0, 0.05) is 4.90 Å². The van der Waals surface area contributed by atoms with Crippen LogP contribution in [0.3, 0.4) is 0 Å². The highest BCUT2D eigenvalue weighted by Gasteiger charge is 2.12. The van der Waals surface area contributed by atoms with Crippen LogP contribution >= 0.6 is 23.1 Å². The number of hydrogen-bond donors (Lipinski definition) is 2. The summed E-state index contributed by atoms with van der Waals surface area (Å²) in [5.41, 5.74) is 1.24. The van der Waals surface area contributed by atoms with Gasteiger partial charge in [0.05, 0.1) is 22.4 Å². The van der Waals surface area contributed by atoms with E-state index in [9.17, 15) is 13.6 Å². The van der Waals surface area contributed by atoms with Crippen molar-refractivity contribution in [3.05, 3.63) is 53.5 Å². The van der Waals surface area contributed by atoms with Gasteiger partial charge in [0.15, 0.2) is 0 Å². The van der Waals surface area contributed by atoms with E-state index in [1.54, 1.807) is 24.3 Å². The Balaban J connectivity index is 1.61. The molecule has 8 heteroatoms. The molecule has 0 aliphatic heterocycles. The lowest BCUT2D eigenvalue weighted by atomic mass is 10.3. The van der Waals surface area contributed by atoms with Crippen molar-refractivity contribution in [2.24, 2.45) is 0 Å². The van der Waals surface area contributed by atoms with Crippen molar-refractivity contribution in [2.45, 2.75) is 17.2 Å². The minimum Gasteiger partial charge on any atom is -0.331 e. The van der Waals surface area contributed by atoms with Gasteiger partial charge in [-0.05, 0) is 24.3 Å². The van der Waals surface area contributed by atoms with Gasteiger partial charge >= 0.3 is 6.03 Å². The standard InChI is InChI=1S/C16H13F2N3OS2/c17-15(18)24-13-8-4-2-6-11(13)21-16(22)19-9-14-20-10-5-1-3-7-12(10)23-14/h1-8,15H,9H2,(H2,19,21,22). The Morgan fingerprint density at radius 2 is 1.92 bits per heavy atom.